The maximum absolute atomic E-state index is 13.1. The van der Waals surface area contributed by atoms with E-state index in [4.69, 9.17) is 9.47 Å². The molecule has 1 amide bonds. The highest BCUT2D eigenvalue weighted by Crippen LogP contribution is 2.30. The first-order valence-corrected chi connectivity index (χ1v) is 11.1. The molecule has 0 saturated carbocycles. The Morgan fingerprint density at radius 1 is 1.29 bits per heavy atom. The van der Waals surface area contributed by atoms with Crippen LogP contribution in [0.3, 0.4) is 0 Å². The molecule has 4 rings (SSSR count). The first-order chi connectivity index (χ1) is 16.9. The zero-order valence-electron chi connectivity index (χ0n) is 19.1. The Hall–Kier alpha value is -3.79. The van der Waals surface area contributed by atoms with Crippen molar-refractivity contribution in [3.63, 3.8) is 0 Å². The second kappa shape index (κ2) is 11.1. The summed E-state index contributed by atoms with van der Waals surface area (Å²) in [5.74, 6) is 0.0677. The number of fused-ring (bicyclic) bond motifs is 1. The van der Waals surface area contributed by atoms with E-state index >= 15 is 0 Å². The fourth-order valence-electron chi connectivity index (χ4n) is 3.91. The number of hydrogen-bond acceptors (Lipinski definition) is 6. The van der Waals surface area contributed by atoms with Crippen LogP contribution in [0.5, 0.6) is 11.5 Å². The average molecular weight is 485 g/mol. The lowest BCUT2D eigenvalue weighted by Crippen LogP contribution is -2.36. The second-order valence-electron chi connectivity index (χ2n) is 8.01. The number of hydrogen-bond donors (Lipinski definition) is 1. The van der Waals surface area contributed by atoms with Gasteiger partial charge in [-0.1, -0.05) is 18.2 Å². The lowest BCUT2D eigenvalue weighted by atomic mass is 10.1. The van der Waals surface area contributed by atoms with Gasteiger partial charge in [-0.05, 0) is 48.7 Å². The Morgan fingerprint density at radius 2 is 2.11 bits per heavy atom. The third-order valence-corrected chi connectivity index (χ3v) is 5.58. The number of para-hydroxylation sites is 1. The van der Waals surface area contributed by atoms with Crippen molar-refractivity contribution in [1.82, 2.24) is 14.9 Å². The van der Waals surface area contributed by atoms with Crippen molar-refractivity contribution in [3.8, 4) is 11.5 Å². The highest BCUT2D eigenvalue weighted by atomic mass is 19.3. The monoisotopic (exact) mass is 485 g/mol. The molecule has 0 radical (unpaired) electrons. The van der Waals surface area contributed by atoms with Crippen LogP contribution in [-0.4, -0.2) is 53.8 Å². The maximum atomic E-state index is 13.1. The minimum absolute atomic E-state index is 0.0909. The highest BCUT2D eigenvalue weighted by Gasteiger charge is 2.22. The Balaban J connectivity index is 1.55. The maximum Gasteiger partial charge on any atom is 0.387 e. The quantitative estimate of drug-likeness (QED) is 0.464. The van der Waals surface area contributed by atoms with Gasteiger partial charge in [-0.3, -0.25) is 9.59 Å². The van der Waals surface area contributed by atoms with Gasteiger partial charge in [0.2, 0.25) is 5.91 Å². The number of benzene rings is 2. The Labute approximate surface area is 200 Å². The summed E-state index contributed by atoms with van der Waals surface area (Å²) in [5, 5.41) is 0.473. The first kappa shape index (κ1) is 24.3. The number of halogens is 2. The molecule has 1 fully saturated rings. The molecule has 2 heterocycles. The Bertz CT molecular complexity index is 1270. The SMILES string of the molecule is COc1cc(C=CC(=O)N(Cc2nc3ccccc3c(=O)[nH]2)CC2CCCO2)ccc1OC(F)F. The van der Waals surface area contributed by atoms with Crippen molar-refractivity contribution in [3.05, 3.63) is 70.3 Å². The summed E-state index contributed by atoms with van der Waals surface area (Å²) in [6.45, 7) is -1.91. The normalized spacial score (nSPS) is 15.7. The van der Waals surface area contributed by atoms with Gasteiger partial charge in [-0.2, -0.15) is 8.78 Å². The number of ether oxygens (including phenoxy) is 3. The van der Waals surface area contributed by atoms with E-state index in [0.717, 1.165) is 12.8 Å². The standard InChI is InChI=1S/C25H25F2N3O5/c1-33-21-13-16(8-10-20(21)35-25(26)27)9-11-23(31)30(14-17-5-4-12-34-17)15-22-28-19-7-3-2-6-18(19)24(32)29-22/h2-3,6-11,13,17,25H,4-5,12,14-15H2,1H3,(H,28,29,32). The molecular weight excluding hydrogens is 460 g/mol. The van der Waals surface area contributed by atoms with Crippen LogP contribution in [0.15, 0.2) is 53.3 Å². The van der Waals surface area contributed by atoms with E-state index in [1.54, 1.807) is 35.2 Å². The Kier molecular flexibility index (Phi) is 7.71. The largest absolute Gasteiger partial charge is 0.493 e. The van der Waals surface area contributed by atoms with Crippen molar-refractivity contribution in [2.45, 2.75) is 32.1 Å². The third kappa shape index (κ3) is 6.21. The van der Waals surface area contributed by atoms with Crippen molar-refractivity contribution in [1.29, 1.82) is 0 Å². The van der Waals surface area contributed by atoms with Gasteiger partial charge in [-0.15, -0.1) is 0 Å². The molecule has 0 bridgehead atoms. The number of alkyl halides is 2. The number of aromatic nitrogens is 2. The smallest absolute Gasteiger partial charge is 0.387 e. The molecule has 1 N–H and O–H groups in total. The van der Waals surface area contributed by atoms with Crippen molar-refractivity contribution in [2.24, 2.45) is 0 Å². The molecule has 1 atom stereocenters. The molecule has 0 aliphatic carbocycles. The molecule has 1 aromatic heterocycles. The minimum atomic E-state index is -2.98. The first-order valence-electron chi connectivity index (χ1n) is 11.1. The van der Waals surface area contributed by atoms with Crippen LogP contribution in [0.4, 0.5) is 8.78 Å². The van der Waals surface area contributed by atoms with E-state index < -0.39 is 6.61 Å². The number of carbonyl (C=O) groups is 1. The second-order valence-corrected chi connectivity index (χ2v) is 8.01. The van der Waals surface area contributed by atoms with E-state index in [1.165, 1.54) is 31.4 Å². The van der Waals surface area contributed by atoms with Crippen LogP contribution >= 0.6 is 0 Å². The van der Waals surface area contributed by atoms with Gasteiger partial charge in [0.1, 0.15) is 5.82 Å². The van der Waals surface area contributed by atoms with Crippen molar-refractivity contribution >= 4 is 22.9 Å². The van der Waals surface area contributed by atoms with Crippen molar-refractivity contribution < 1.29 is 27.8 Å². The summed E-state index contributed by atoms with van der Waals surface area (Å²) in [5.41, 5.74) is 0.833. The number of methoxy groups -OCH3 is 1. The zero-order chi connectivity index (χ0) is 24.8. The third-order valence-electron chi connectivity index (χ3n) is 5.58. The van der Waals surface area contributed by atoms with E-state index in [-0.39, 0.29) is 35.6 Å². The number of amides is 1. The summed E-state index contributed by atoms with van der Waals surface area (Å²) >= 11 is 0. The number of nitrogens with one attached hydrogen (secondary N) is 1. The van der Waals surface area contributed by atoms with Gasteiger partial charge >= 0.3 is 6.61 Å². The molecule has 8 nitrogen and oxygen atoms in total. The molecule has 10 heteroatoms. The highest BCUT2D eigenvalue weighted by molar-refractivity contribution is 5.92. The predicted molar refractivity (Wildman–Crippen MR) is 125 cm³/mol. The van der Waals surface area contributed by atoms with Crippen LogP contribution in [0.25, 0.3) is 17.0 Å². The molecule has 184 valence electrons. The van der Waals surface area contributed by atoms with E-state index in [9.17, 15) is 18.4 Å². The van der Waals surface area contributed by atoms with Crippen LogP contribution in [0.1, 0.15) is 24.2 Å². The summed E-state index contributed by atoms with van der Waals surface area (Å²) in [6, 6.07) is 11.4. The van der Waals surface area contributed by atoms with E-state index in [2.05, 4.69) is 14.7 Å². The van der Waals surface area contributed by atoms with Gasteiger partial charge in [0.25, 0.3) is 5.56 Å². The van der Waals surface area contributed by atoms with Gasteiger partial charge in [0, 0.05) is 19.2 Å². The zero-order valence-corrected chi connectivity index (χ0v) is 19.1. The summed E-state index contributed by atoms with van der Waals surface area (Å²) in [6.07, 6.45) is 4.57. The predicted octanol–water partition coefficient (Wildman–Crippen LogP) is 3.75. The number of carbonyl (C=O) groups excluding carboxylic acids is 1. The lowest BCUT2D eigenvalue weighted by molar-refractivity contribution is -0.128. The number of rotatable bonds is 9. The van der Waals surface area contributed by atoms with Gasteiger partial charge in [-0.25, -0.2) is 4.98 Å². The molecule has 0 spiro atoms. The molecule has 1 aliphatic rings. The molecule has 1 saturated heterocycles. The molecular formula is C25H25F2N3O5. The molecule has 1 aliphatic heterocycles. The molecule has 35 heavy (non-hydrogen) atoms. The lowest BCUT2D eigenvalue weighted by Gasteiger charge is -2.24. The number of H-pyrrole nitrogens is 1. The van der Waals surface area contributed by atoms with Gasteiger partial charge in [0.05, 0.1) is 30.7 Å². The van der Waals surface area contributed by atoms with Crippen LogP contribution in [-0.2, 0) is 16.1 Å². The number of nitrogens with zero attached hydrogens (tertiary/aromatic N) is 2. The fraction of sp³-hybridized carbons (Fsp3) is 0.320. The van der Waals surface area contributed by atoms with Crippen LogP contribution < -0.4 is 15.0 Å². The molecule has 1 unspecified atom stereocenters. The van der Waals surface area contributed by atoms with Crippen molar-refractivity contribution in [2.75, 3.05) is 20.3 Å². The van der Waals surface area contributed by atoms with E-state index in [1.807, 2.05) is 0 Å². The summed E-state index contributed by atoms with van der Waals surface area (Å²) < 4.78 is 40.4. The van der Waals surface area contributed by atoms with E-state index in [0.29, 0.717) is 35.4 Å². The summed E-state index contributed by atoms with van der Waals surface area (Å²) in [7, 11) is 1.34. The van der Waals surface area contributed by atoms with Gasteiger partial charge < -0.3 is 24.1 Å². The Morgan fingerprint density at radius 3 is 2.86 bits per heavy atom. The number of aromatic amines is 1. The fourth-order valence-corrected chi connectivity index (χ4v) is 3.91. The van der Waals surface area contributed by atoms with Gasteiger partial charge in [0.15, 0.2) is 11.5 Å². The molecule has 2 aromatic carbocycles. The summed E-state index contributed by atoms with van der Waals surface area (Å²) in [4.78, 5) is 34.4. The average Bonchev–Trinajstić information content (AvgIpc) is 3.35. The minimum Gasteiger partial charge on any atom is -0.493 e. The van der Waals surface area contributed by atoms with Crippen LogP contribution in [0, 0.1) is 0 Å². The van der Waals surface area contributed by atoms with Crippen LogP contribution in [0.2, 0.25) is 0 Å². The topological polar surface area (TPSA) is 93.8 Å². The molecule has 3 aromatic rings.